The van der Waals surface area contributed by atoms with Crippen LogP contribution in [0.15, 0.2) is 17.3 Å². The number of carbonyl (C=O) groups excluding carboxylic acids is 1. The minimum Gasteiger partial charge on any atom is -0.468 e. The lowest BCUT2D eigenvalue weighted by Gasteiger charge is -2.02. The molecule has 15 heavy (non-hydrogen) atoms. The molecule has 0 saturated carbocycles. The van der Waals surface area contributed by atoms with E-state index in [0.717, 1.165) is 11.3 Å². The molecule has 1 heterocycles. The Labute approximate surface area is 91.7 Å². The first-order valence-electron chi connectivity index (χ1n) is 4.23. The van der Waals surface area contributed by atoms with Crippen molar-refractivity contribution < 1.29 is 9.53 Å². The molecule has 0 aliphatic rings. The summed E-state index contributed by atoms with van der Waals surface area (Å²) in [6.07, 6.45) is 0. The molecule has 6 nitrogen and oxygen atoms in total. The van der Waals surface area contributed by atoms with Gasteiger partial charge >= 0.3 is 5.97 Å². The van der Waals surface area contributed by atoms with Gasteiger partial charge in [-0.3, -0.25) is 4.79 Å². The van der Waals surface area contributed by atoms with Gasteiger partial charge in [-0.2, -0.15) is 0 Å². The summed E-state index contributed by atoms with van der Waals surface area (Å²) in [4.78, 5) is 11.0. The van der Waals surface area contributed by atoms with E-state index >= 15 is 0 Å². The van der Waals surface area contributed by atoms with E-state index in [1.54, 1.807) is 0 Å². The molecular formula is C8H12N4O2S. The van der Waals surface area contributed by atoms with Gasteiger partial charge in [0.05, 0.1) is 7.11 Å². The molecule has 0 N–H and O–H groups in total. The summed E-state index contributed by atoms with van der Waals surface area (Å²) >= 11 is 1.43. The number of aromatic nitrogens is 4. The highest BCUT2D eigenvalue weighted by atomic mass is 32.2. The Hall–Kier alpha value is -1.37. The van der Waals surface area contributed by atoms with Crippen molar-refractivity contribution in [1.29, 1.82) is 0 Å². The average Bonchev–Trinajstić information content (AvgIpc) is 2.62. The van der Waals surface area contributed by atoms with Crippen LogP contribution >= 0.6 is 11.8 Å². The zero-order chi connectivity index (χ0) is 11.3. The van der Waals surface area contributed by atoms with Gasteiger partial charge in [0, 0.05) is 5.75 Å². The molecule has 0 radical (unpaired) electrons. The quantitative estimate of drug-likeness (QED) is 0.415. The van der Waals surface area contributed by atoms with Crippen molar-refractivity contribution >= 4 is 17.7 Å². The molecule has 82 valence electrons. The van der Waals surface area contributed by atoms with Gasteiger partial charge in [-0.05, 0) is 17.4 Å². The predicted octanol–water partition coefficient (Wildman–Crippen LogP) is 0.514. The number of ether oxygens (including phenoxy) is 1. The standard InChI is InChI=1S/C8H12N4O2S/c1-6(2)5-15-8-9-10-11-12(8)4-7(13)14-3/h1,4-5H2,2-3H3. The highest BCUT2D eigenvalue weighted by Crippen LogP contribution is 2.15. The zero-order valence-corrected chi connectivity index (χ0v) is 9.45. The Kier molecular flexibility index (Phi) is 4.29. The zero-order valence-electron chi connectivity index (χ0n) is 8.63. The number of methoxy groups -OCH3 is 1. The fourth-order valence-corrected chi connectivity index (χ4v) is 1.49. The van der Waals surface area contributed by atoms with Crippen molar-refractivity contribution in [2.24, 2.45) is 0 Å². The largest absolute Gasteiger partial charge is 0.468 e. The number of rotatable bonds is 5. The molecule has 0 unspecified atom stereocenters. The van der Waals surface area contributed by atoms with E-state index in [-0.39, 0.29) is 12.5 Å². The highest BCUT2D eigenvalue weighted by molar-refractivity contribution is 7.99. The summed E-state index contributed by atoms with van der Waals surface area (Å²) in [7, 11) is 1.33. The summed E-state index contributed by atoms with van der Waals surface area (Å²) < 4.78 is 5.92. The normalized spacial score (nSPS) is 10.0. The fraction of sp³-hybridized carbons (Fsp3) is 0.500. The van der Waals surface area contributed by atoms with E-state index in [4.69, 9.17) is 0 Å². The predicted molar refractivity (Wildman–Crippen MR) is 55.4 cm³/mol. The van der Waals surface area contributed by atoms with E-state index in [9.17, 15) is 4.79 Å². The van der Waals surface area contributed by atoms with Gasteiger partial charge < -0.3 is 4.74 Å². The van der Waals surface area contributed by atoms with Crippen molar-refractivity contribution in [3.05, 3.63) is 12.2 Å². The SMILES string of the molecule is C=C(C)CSc1nnnn1CC(=O)OC. The molecular weight excluding hydrogens is 216 g/mol. The van der Waals surface area contributed by atoms with Crippen LogP contribution in [0.25, 0.3) is 0 Å². The molecule has 0 aliphatic heterocycles. The van der Waals surface area contributed by atoms with Crippen LogP contribution in [-0.2, 0) is 16.1 Å². The Balaban J connectivity index is 2.60. The first-order chi connectivity index (χ1) is 7.13. The first-order valence-corrected chi connectivity index (χ1v) is 5.22. The van der Waals surface area contributed by atoms with Crippen molar-refractivity contribution in [2.75, 3.05) is 12.9 Å². The van der Waals surface area contributed by atoms with Crippen LogP contribution in [0.2, 0.25) is 0 Å². The van der Waals surface area contributed by atoms with Crippen molar-refractivity contribution in [3.8, 4) is 0 Å². The molecule has 0 fully saturated rings. The molecule has 0 bridgehead atoms. The maximum absolute atomic E-state index is 11.0. The highest BCUT2D eigenvalue weighted by Gasteiger charge is 2.10. The third kappa shape index (κ3) is 3.70. The number of nitrogens with zero attached hydrogens (tertiary/aromatic N) is 4. The van der Waals surface area contributed by atoms with E-state index in [2.05, 4.69) is 26.8 Å². The second kappa shape index (κ2) is 5.50. The van der Waals surface area contributed by atoms with Gasteiger partial charge in [-0.15, -0.1) is 5.10 Å². The lowest BCUT2D eigenvalue weighted by molar-refractivity contribution is -0.141. The topological polar surface area (TPSA) is 69.9 Å². The van der Waals surface area contributed by atoms with Gasteiger partial charge in [0.25, 0.3) is 0 Å². The summed E-state index contributed by atoms with van der Waals surface area (Å²) in [6, 6.07) is 0. The van der Waals surface area contributed by atoms with Crippen LogP contribution in [0.1, 0.15) is 6.92 Å². The average molecular weight is 228 g/mol. The van der Waals surface area contributed by atoms with Crippen LogP contribution in [0.5, 0.6) is 0 Å². The van der Waals surface area contributed by atoms with E-state index in [0.29, 0.717) is 5.16 Å². The second-order valence-electron chi connectivity index (χ2n) is 2.94. The Bertz CT molecular complexity index is 363. The maximum atomic E-state index is 11.0. The van der Waals surface area contributed by atoms with Gasteiger partial charge in [0.2, 0.25) is 5.16 Å². The molecule has 0 spiro atoms. The number of hydrogen-bond donors (Lipinski definition) is 0. The van der Waals surface area contributed by atoms with E-state index in [1.807, 2.05) is 6.92 Å². The van der Waals surface area contributed by atoms with Gasteiger partial charge in [0.15, 0.2) is 0 Å². The first kappa shape index (κ1) is 11.7. The number of hydrogen-bond acceptors (Lipinski definition) is 6. The van der Waals surface area contributed by atoms with Gasteiger partial charge in [-0.1, -0.05) is 23.9 Å². The molecule has 0 amide bonds. The van der Waals surface area contributed by atoms with Crippen LogP contribution in [0.3, 0.4) is 0 Å². The molecule has 0 aromatic carbocycles. The van der Waals surface area contributed by atoms with Crippen molar-refractivity contribution in [1.82, 2.24) is 20.2 Å². The number of carbonyl (C=O) groups is 1. The summed E-state index contributed by atoms with van der Waals surface area (Å²) in [5.74, 6) is 0.348. The lowest BCUT2D eigenvalue weighted by Crippen LogP contribution is -2.13. The minimum absolute atomic E-state index is 0.0298. The van der Waals surface area contributed by atoms with Crippen LogP contribution in [0, 0.1) is 0 Å². The smallest absolute Gasteiger partial charge is 0.327 e. The van der Waals surface area contributed by atoms with Gasteiger partial charge in [-0.25, -0.2) is 4.68 Å². The van der Waals surface area contributed by atoms with Crippen LogP contribution in [0.4, 0.5) is 0 Å². The lowest BCUT2D eigenvalue weighted by atomic mass is 10.4. The molecule has 0 aliphatic carbocycles. The summed E-state index contributed by atoms with van der Waals surface area (Å²) in [6.45, 7) is 5.72. The fourth-order valence-electron chi connectivity index (χ4n) is 0.774. The van der Waals surface area contributed by atoms with Crippen molar-refractivity contribution in [2.45, 2.75) is 18.6 Å². The number of thioether (sulfide) groups is 1. The Morgan fingerprint density at radius 2 is 2.40 bits per heavy atom. The monoisotopic (exact) mass is 228 g/mol. The molecule has 1 aromatic rings. The van der Waals surface area contributed by atoms with Crippen molar-refractivity contribution in [3.63, 3.8) is 0 Å². The second-order valence-corrected chi connectivity index (χ2v) is 3.88. The molecule has 0 saturated heterocycles. The molecule has 1 rings (SSSR count). The van der Waals surface area contributed by atoms with Crippen LogP contribution in [-0.4, -0.2) is 39.0 Å². The van der Waals surface area contributed by atoms with E-state index < -0.39 is 0 Å². The van der Waals surface area contributed by atoms with E-state index in [1.165, 1.54) is 23.6 Å². The third-order valence-electron chi connectivity index (χ3n) is 1.45. The minimum atomic E-state index is -0.375. The third-order valence-corrected chi connectivity index (χ3v) is 2.64. The number of tetrazole rings is 1. The maximum Gasteiger partial charge on any atom is 0.327 e. The van der Waals surface area contributed by atoms with Crippen LogP contribution < -0.4 is 0 Å². The number of esters is 1. The molecule has 0 atom stereocenters. The Morgan fingerprint density at radius 1 is 1.67 bits per heavy atom. The molecule has 1 aromatic heterocycles. The molecule has 7 heteroatoms. The van der Waals surface area contributed by atoms with Gasteiger partial charge in [0.1, 0.15) is 6.54 Å². The summed E-state index contributed by atoms with van der Waals surface area (Å²) in [5, 5.41) is 11.6. The summed E-state index contributed by atoms with van der Waals surface area (Å²) in [5.41, 5.74) is 1.02. The Morgan fingerprint density at radius 3 is 3.00 bits per heavy atom.